The third-order valence-corrected chi connectivity index (χ3v) is 7.45. The molecule has 4 aromatic heterocycles. The highest BCUT2D eigenvalue weighted by Gasteiger charge is 2.31. The molecule has 11 heteroatoms. The minimum Gasteiger partial charge on any atom is -0.380 e. The van der Waals surface area contributed by atoms with Crippen LogP contribution in [0.25, 0.3) is 27.8 Å². The van der Waals surface area contributed by atoms with Crippen molar-refractivity contribution in [3.05, 3.63) is 54.7 Å². The van der Waals surface area contributed by atoms with Crippen LogP contribution in [0.1, 0.15) is 12.0 Å². The second-order valence-electron chi connectivity index (χ2n) is 9.76. The van der Waals surface area contributed by atoms with E-state index in [2.05, 4.69) is 27.2 Å². The number of nitrogens with zero attached hydrogens (tertiary/aromatic N) is 9. The number of aryl methyl sites for hydroxylation is 1. The second kappa shape index (κ2) is 9.79. The molecule has 2 saturated heterocycles. The molecule has 38 heavy (non-hydrogen) atoms. The number of likely N-dealkylation sites (tertiary alicyclic amines) is 1. The molecule has 0 aromatic carbocycles. The van der Waals surface area contributed by atoms with Crippen molar-refractivity contribution < 1.29 is 9.53 Å². The molecule has 0 radical (unpaired) electrons. The van der Waals surface area contributed by atoms with Gasteiger partial charge in [-0.3, -0.25) is 4.68 Å². The Kier molecular flexibility index (Phi) is 6.17. The van der Waals surface area contributed by atoms with Gasteiger partial charge in [0.1, 0.15) is 11.9 Å². The molecule has 6 rings (SSSR count). The van der Waals surface area contributed by atoms with Crippen LogP contribution in [0.2, 0.25) is 0 Å². The Hall–Kier alpha value is -4.43. The average molecular weight is 512 g/mol. The third-order valence-electron chi connectivity index (χ3n) is 7.45. The lowest BCUT2D eigenvalue weighted by molar-refractivity contribution is 0.105. The third kappa shape index (κ3) is 4.33. The summed E-state index contributed by atoms with van der Waals surface area (Å²) in [7, 11) is 3.58. The standard InChI is InChI=1S/C27H29N9O2/c1-32-16-22(15-30-32)20-11-24(26-21(12-28)14-31-36(26)17-20)19-3-4-25(29-13-19)33-7-9-34(10-8-33)27(37)35-6-5-23(18-35)38-2/h3-4,11,13-17,23H,5-10,18H2,1-2H3/t23-/m1/s1. The van der Waals surface area contributed by atoms with Crippen LogP contribution >= 0.6 is 0 Å². The summed E-state index contributed by atoms with van der Waals surface area (Å²) in [5.74, 6) is 0.870. The van der Waals surface area contributed by atoms with Gasteiger partial charge in [-0.2, -0.15) is 15.5 Å². The number of pyridine rings is 2. The van der Waals surface area contributed by atoms with Gasteiger partial charge in [0, 0.05) is 94.3 Å². The number of aromatic nitrogens is 5. The van der Waals surface area contributed by atoms with Gasteiger partial charge in [-0.1, -0.05) is 0 Å². The van der Waals surface area contributed by atoms with Gasteiger partial charge in [-0.15, -0.1) is 0 Å². The molecule has 1 atom stereocenters. The van der Waals surface area contributed by atoms with Crippen molar-refractivity contribution in [2.75, 3.05) is 51.3 Å². The zero-order chi connectivity index (χ0) is 26.2. The summed E-state index contributed by atoms with van der Waals surface area (Å²) in [5.41, 5.74) is 4.96. The van der Waals surface area contributed by atoms with E-state index >= 15 is 0 Å². The lowest BCUT2D eigenvalue weighted by Gasteiger charge is -2.37. The molecule has 194 valence electrons. The smallest absolute Gasteiger partial charge is 0.320 e. The monoisotopic (exact) mass is 511 g/mol. The summed E-state index contributed by atoms with van der Waals surface area (Å²) in [6.07, 6.45) is 10.1. The SMILES string of the molecule is CO[C@@H]1CCN(C(=O)N2CCN(c3ccc(-c4cc(-c5cnn(C)c5)cn5ncc(C#N)c45)cn3)CC2)C1. The van der Waals surface area contributed by atoms with Crippen LogP contribution in [-0.4, -0.2) is 92.7 Å². The van der Waals surface area contributed by atoms with Gasteiger partial charge in [0.2, 0.25) is 0 Å². The number of nitriles is 1. The number of amides is 2. The first-order valence-electron chi connectivity index (χ1n) is 12.7. The topological polar surface area (TPSA) is 108 Å². The maximum absolute atomic E-state index is 12.9. The largest absolute Gasteiger partial charge is 0.380 e. The molecule has 2 aliphatic heterocycles. The van der Waals surface area contributed by atoms with E-state index in [-0.39, 0.29) is 12.1 Å². The summed E-state index contributed by atoms with van der Waals surface area (Å²) in [5, 5.41) is 18.4. The first-order chi connectivity index (χ1) is 18.5. The first-order valence-corrected chi connectivity index (χ1v) is 12.7. The van der Waals surface area contributed by atoms with Crippen LogP contribution in [0, 0.1) is 11.3 Å². The molecule has 2 aliphatic rings. The number of methoxy groups -OCH3 is 1. The predicted octanol–water partition coefficient (Wildman–Crippen LogP) is 2.63. The van der Waals surface area contributed by atoms with Gasteiger partial charge in [-0.25, -0.2) is 14.3 Å². The van der Waals surface area contributed by atoms with Gasteiger partial charge in [-0.05, 0) is 24.6 Å². The van der Waals surface area contributed by atoms with E-state index in [1.807, 2.05) is 53.8 Å². The highest BCUT2D eigenvalue weighted by Crippen LogP contribution is 2.32. The molecule has 0 aliphatic carbocycles. The number of carbonyl (C=O) groups excluding carboxylic acids is 1. The van der Waals surface area contributed by atoms with E-state index in [4.69, 9.17) is 9.72 Å². The maximum atomic E-state index is 12.9. The molecule has 4 aromatic rings. The summed E-state index contributed by atoms with van der Waals surface area (Å²) in [6.45, 7) is 4.18. The number of hydrogen-bond acceptors (Lipinski definition) is 7. The molecule has 2 amide bonds. The van der Waals surface area contributed by atoms with Crippen molar-refractivity contribution in [2.24, 2.45) is 7.05 Å². The maximum Gasteiger partial charge on any atom is 0.320 e. The molecule has 0 unspecified atom stereocenters. The number of piperazine rings is 1. The fraction of sp³-hybridized carbons (Fsp3) is 0.370. The van der Waals surface area contributed by atoms with Gasteiger partial charge in [0.15, 0.2) is 0 Å². The van der Waals surface area contributed by atoms with Crippen molar-refractivity contribution in [1.29, 1.82) is 5.26 Å². The Bertz CT molecular complexity index is 1510. The van der Waals surface area contributed by atoms with Crippen molar-refractivity contribution >= 4 is 17.4 Å². The zero-order valence-electron chi connectivity index (χ0n) is 21.5. The minimum atomic E-state index is 0.0964. The van der Waals surface area contributed by atoms with Gasteiger partial charge >= 0.3 is 6.03 Å². The molecular weight excluding hydrogens is 482 g/mol. The normalized spacial score (nSPS) is 17.8. The Morgan fingerprint density at radius 3 is 2.50 bits per heavy atom. The second-order valence-corrected chi connectivity index (χ2v) is 9.76. The minimum absolute atomic E-state index is 0.0964. The molecule has 0 saturated carbocycles. The quantitative estimate of drug-likeness (QED) is 0.414. The molecular formula is C27H29N9O2. The summed E-state index contributed by atoms with van der Waals surface area (Å²) < 4.78 is 8.91. The van der Waals surface area contributed by atoms with Gasteiger partial charge in [0.25, 0.3) is 0 Å². The molecule has 0 spiro atoms. The fourth-order valence-electron chi connectivity index (χ4n) is 5.31. The van der Waals surface area contributed by atoms with Crippen LogP contribution in [-0.2, 0) is 11.8 Å². The summed E-state index contributed by atoms with van der Waals surface area (Å²) >= 11 is 0. The number of anilines is 1. The van der Waals surface area contributed by atoms with E-state index in [1.165, 1.54) is 0 Å². The zero-order valence-corrected chi connectivity index (χ0v) is 21.5. The lowest BCUT2D eigenvalue weighted by atomic mass is 10.0. The highest BCUT2D eigenvalue weighted by molar-refractivity contribution is 5.87. The highest BCUT2D eigenvalue weighted by atomic mass is 16.5. The van der Waals surface area contributed by atoms with Crippen molar-refractivity contribution in [2.45, 2.75) is 12.5 Å². The van der Waals surface area contributed by atoms with Gasteiger partial charge < -0.3 is 19.4 Å². The van der Waals surface area contributed by atoms with Gasteiger partial charge in [0.05, 0.1) is 29.6 Å². The van der Waals surface area contributed by atoms with E-state index in [1.54, 1.807) is 22.5 Å². The van der Waals surface area contributed by atoms with Crippen molar-refractivity contribution in [1.82, 2.24) is 34.2 Å². The molecule has 0 N–H and O–H groups in total. The number of rotatable bonds is 4. The molecule has 2 fully saturated rings. The Labute approximate surface area is 220 Å². The average Bonchev–Trinajstić information content (AvgIpc) is 3.72. The lowest BCUT2D eigenvalue weighted by Crippen LogP contribution is -2.52. The van der Waals surface area contributed by atoms with Crippen molar-refractivity contribution in [3.8, 4) is 28.3 Å². The number of carbonyl (C=O) groups is 1. The number of urea groups is 1. The van der Waals surface area contributed by atoms with Crippen molar-refractivity contribution in [3.63, 3.8) is 0 Å². The van der Waals surface area contributed by atoms with E-state index in [9.17, 15) is 10.1 Å². The van der Waals surface area contributed by atoms with E-state index in [0.717, 1.165) is 59.6 Å². The Balaban J connectivity index is 1.21. The van der Waals surface area contributed by atoms with Crippen LogP contribution in [0.3, 0.4) is 0 Å². The molecule has 6 heterocycles. The van der Waals surface area contributed by atoms with E-state index < -0.39 is 0 Å². The number of fused-ring (bicyclic) bond motifs is 1. The molecule has 0 bridgehead atoms. The van der Waals surface area contributed by atoms with Crippen LogP contribution in [0.5, 0.6) is 0 Å². The fourth-order valence-corrected chi connectivity index (χ4v) is 5.31. The summed E-state index contributed by atoms with van der Waals surface area (Å²) in [6, 6.07) is 8.45. The molecule has 11 nitrogen and oxygen atoms in total. The number of ether oxygens (including phenoxy) is 1. The Morgan fingerprint density at radius 2 is 1.84 bits per heavy atom. The van der Waals surface area contributed by atoms with Crippen LogP contribution < -0.4 is 4.90 Å². The summed E-state index contributed by atoms with van der Waals surface area (Å²) in [4.78, 5) is 23.7. The number of hydrogen-bond donors (Lipinski definition) is 0. The van der Waals surface area contributed by atoms with Crippen LogP contribution in [0.4, 0.5) is 10.6 Å². The first kappa shape index (κ1) is 23.9. The Morgan fingerprint density at radius 1 is 1.00 bits per heavy atom. The predicted molar refractivity (Wildman–Crippen MR) is 142 cm³/mol. The van der Waals surface area contributed by atoms with Crippen LogP contribution in [0.15, 0.2) is 49.2 Å². The van der Waals surface area contributed by atoms with E-state index in [0.29, 0.717) is 25.2 Å².